The predicted octanol–water partition coefficient (Wildman–Crippen LogP) is 4.77. The number of halogens is 17. The Morgan fingerprint density at radius 1 is 0.500 bits per heavy atom. The van der Waals surface area contributed by atoms with Crippen molar-refractivity contribution in [3.05, 3.63) is 0 Å². The predicted molar refractivity (Wildman–Crippen MR) is 53.3 cm³/mol. The fraction of sp³-hybridized carbons (Fsp3) is 1.00. The van der Waals surface area contributed by atoms with Gasteiger partial charge in [-0.1, -0.05) is 0 Å². The fourth-order valence-corrected chi connectivity index (χ4v) is 1.63. The Balaban J connectivity index is 6.47. The van der Waals surface area contributed by atoms with E-state index in [0.717, 1.165) is 4.74 Å². The molecule has 0 aliphatic heterocycles. The van der Waals surface area contributed by atoms with Gasteiger partial charge in [0.2, 0.25) is 0 Å². The SMILES string of the molecule is O=S(=O)(O)C(F)(F)C(F)(F)C(F)(F)C(F)(F)OC(F)(F)C(F)(F)C(F)(F)C(F)(F)F. The number of hydrogen-bond acceptors (Lipinski definition) is 3. The van der Waals surface area contributed by atoms with Gasteiger partial charge in [0, 0.05) is 0 Å². The van der Waals surface area contributed by atoms with Gasteiger partial charge in [-0.2, -0.15) is 83.1 Å². The molecule has 0 radical (unpaired) electrons. The van der Waals surface area contributed by atoms with Crippen molar-refractivity contribution in [1.29, 1.82) is 0 Å². The van der Waals surface area contributed by atoms with Crippen LogP contribution in [0.4, 0.5) is 74.6 Å². The van der Waals surface area contributed by atoms with Crippen LogP contribution in [0.25, 0.3) is 0 Å². The zero-order chi connectivity index (χ0) is 25.2. The van der Waals surface area contributed by atoms with Gasteiger partial charge in [0.15, 0.2) is 0 Å². The number of alkyl halides is 17. The van der Waals surface area contributed by atoms with Crippen LogP contribution in [0.1, 0.15) is 0 Å². The van der Waals surface area contributed by atoms with Gasteiger partial charge in [-0.25, -0.2) is 4.74 Å². The minimum absolute atomic E-state index is 0.994. The molecule has 0 bridgehead atoms. The number of hydrogen-bond donors (Lipinski definition) is 1. The molecule has 0 aromatic heterocycles. The van der Waals surface area contributed by atoms with E-state index < -0.39 is 57.5 Å². The summed E-state index contributed by atoms with van der Waals surface area (Å²) in [6, 6.07) is 0. The Hall–Kier alpha value is -1.32. The summed E-state index contributed by atoms with van der Waals surface area (Å²) in [5.74, 6) is -32.8. The highest BCUT2D eigenvalue weighted by atomic mass is 32.2. The second-order valence-electron chi connectivity index (χ2n) is 4.92. The molecule has 0 atom stereocenters. The molecule has 182 valence electrons. The van der Waals surface area contributed by atoms with Gasteiger partial charge in [0.05, 0.1) is 0 Å². The first-order chi connectivity index (χ1) is 12.5. The van der Waals surface area contributed by atoms with Crippen LogP contribution >= 0.6 is 0 Å². The van der Waals surface area contributed by atoms with Crippen molar-refractivity contribution in [2.24, 2.45) is 0 Å². The summed E-state index contributed by atoms with van der Waals surface area (Å²) in [5.41, 5.74) is 0. The van der Waals surface area contributed by atoms with Gasteiger partial charge in [-0.15, -0.1) is 0 Å². The van der Waals surface area contributed by atoms with Crippen molar-refractivity contribution in [2.75, 3.05) is 0 Å². The summed E-state index contributed by atoms with van der Waals surface area (Å²) in [5, 5.41) is -7.68. The van der Waals surface area contributed by atoms with E-state index >= 15 is 0 Å². The van der Waals surface area contributed by atoms with Crippen LogP contribution in [0.3, 0.4) is 0 Å². The lowest BCUT2D eigenvalue weighted by molar-refractivity contribution is -0.516. The largest absolute Gasteiger partial charge is 0.460 e. The van der Waals surface area contributed by atoms with Crippen molar-refractivity contribution >= 4 is 10.1 Å². The maximum atomic E-state index is 13.0. The molecule has 0 amide bonds. The Kier molecular flexibility index (Phi) is 6.54. The first-order valence-electron chi connectivity index (χ1n) is 5.84. The van der Waals surface area contributed by atoms with Gasteiger partial charge in [0.1, 0.15) is 0 Å². The summed E-state index contributed by atoms with van der Waals surface area (Å²) >= 11 is 0. The van der Waals surface area contributed by atoms with Crippen molar-refractivity contribution in [1.82, 2.24) is 0 Å². The second kappa shape index (κ2) is 6.84. The molecule has 0 aliphatic carbocycles. The van der Waals surface area contributed by atoms with Crippen LogP contribution < -0.4 is 0 Å². The lowest BCUT2D eigenvalue weighted by Crippen LogP contribution is -2.68. The molecule has 0 spiro atoms. The maximum Gasteiger partial charge on any atom is 0.460 e. The molecule has 22 heteroatoms. The molecule has 0 aromatic rings. The third-order valence-electron chi connectivity index (χ3n) is 2.82. The smallest absolute Gasteiger partial charge is 0.281 e. The van der Waals surface area contributed by atoms with Crippen molar-refractivity contribution in [2.45, 2.75) is 47.3 Å². The lowest BCUT2D eigenvalue weighted by Gasteiger charge is -2.38. The Morgan fingerprint density at radius 2 is 0.767 bits per heavy atom. The summed E-state index contributed by atoms with van der Waals surface area (Å²) in [6.45, 7) is 0. The molecule has 0 aliphatic rings. The molecular weight excluding hydrogens is 515 g/mol. The molecule has 0 heterocycles. The van der Waals surface area contributed by atoms with Crippen LogP contribution in [-0.2, 0) is 14.9 Å². The summed E-state index contributed by atoms with van der Waals surface area (Å²) in [4.78, 5) is 0. The molecule has 0 rings (SSSR count). The third kappa shape index (κ3) is 3.84. The highest BCUT2D eigenvalue weighted by molar-refractivity contribution is 7.87. The van der Waals surface area contributed by atoms with Crippen LogP contribution in [-0.4, -0.2) is 60.3 Å². The van der Waals surface area contributed by atoms with Gasteiger partial charge >= 0.3 is 57.5 Å². The van der Waals surface area contributed by atoms with E-state index in [-0.39, 0.29) is 0 Å². The first kappa shape index (κ1) is 28.7. The second-order valence-corrected chi connectivity index (χ2v) is 6.39. The first-order valence-corrected chi connectivity index (χ1v) is 7.28. The molecule has 0 aromatic carbocycles. The Morgan fingerprint density at radius 3 is 1.00 bits per heavy atom. The highest BCUT2D eigenvalue weighted by Gasteiger charge is 2.89. The van der Waals surface area contributed by atoms with Gasteiger partial charge in [0.25, 0.3) is 0 Å². The summed E-state index contributed by atoms with van der Waals surface area (Å²) in [6.07, 6.45) is -24.0. The molecule has 0 saturated carbocycles. The molecule has 30 heavy (non-hydrogen) atoms. The van der Waals surface area contributed by atoms with Crippen molar-refractivity contribution in [3.8, 4) is 0 Å². The number of ether oxygens (including phenoxy) is 1. The van der Waals surface area contributed by atoms with Crippen LogP contribution in [0.2, 0.25) is 0 Å². The van der Waals surface area contributed by atoms with Gasteiger partial charge in [-0.3, -0.25) is 4.55 Å². The van der Waals surface area contributed by atoms with Crippen molar-refractivity contribution in [3.63, 3.8) is 0 Å². The van der Waals surface area contributed by atoms with E-state index in [0.29, 0.717) is 0 Å². The van der Waals surface area contributed by atoms with Crippen molar-refractivity contribution < 1.29 is 92.3 Å². The zero-order valence-corrected chi connectivity index (χ0v) is 13.3. The van der Waals surface area contributed by atoms with E-state index in [9.17, 15) is 83.1 Å². The molecular formula is C8HF17O4S. The molecule has 1 N–H and O–H groups in total. The monoisotopic (exact) mass is 516 g/mol. The van der Waals surface area contributed by atoms with E-state index in [1.165, 1.54) is 0 Å². The maximum absolute atomic E-state index is 13.0. The lowest BCUT2D eigenvalue weighted by atomic mass is 10.1. The normalized spacial score (nSPS) is 16.7. The standard InChI is InChI=1S/C8HF17O4S/c9-1(10,5(17,18)19)2(11,12)6(20,21)29-7(22,23)3(13,14)4(15,16)8(24,25)30(26,27)28/h(H,26,27,28). The third-order valence-corrected chi connectivity index (χ3v) is 3.73. The quantitative estimate of drug-likeness (QED) is 0.373. The van der Waals surface area contributed by atoms with Crippen LogP contribution in [0.5, 0.6) is 0 Å². The molecule has 0 fully saturated rings. The van der Waals surface area contributed by atoms with E-state index in [1.54, 1.807) is 0 Å². The van der Waals surface area contributed by atoms with Crippen LogP contribution in [0.15, 0.2) is 0 Å². The zero-order valence-electron chi connectivity index (χ0n) is 12.5. The Bertz CT molecular complexity index is 750. The minimum atomic E-state index is -8.35. The minimum Gasteiger partial charge on any atom is -0.281 e. The van der Waals surface area contributed by atoms with Crippen LogP contribution in [0, 0.1) is 0 Å². The summed E-state index contributed by atoms with van der Waals surface area (Å²) in [7, 11) is -7.77. The van der Waals surface area contributed by atoms with E-state index in [1.807, 2.05) is 0 Å². The van der Waals surface area contributed by atoms with Gasteiger partial charge in [-0.05, 0) is 0 Å². The molecule has 0 unspecified atom stereocenters. The Labute approximate surface area is 151 Å². The number of rotatable bonds is 8. The molecule has 4 nitrogen and oxygen atoms in total. The molecule has 0 saturated heterocycles. The highest BCUT2D eigenvalue weighted by Crippen LogP contribution is 2.59. The summed E-state index contributed by atoms with van der Waals surface area (Å²) < 4.78 is 243. The van der Waals surface area contributed by atoms with E-state index in [2.05, 4.69) is 0 Å². The topological polar surface area (TPSA) is 63.6 Å². The van der Waals surface area contributed by atoms with E-state index in [4.69, 9.17) is 4.55 Å². The fourth-order valence-electron chi connectivity index (χ4n) is 1.18. The average molecular weight is 516 g/mol. The average Bonchev–Trinajstić information content (AvgIpc) is 2.42. The van der Waals surface area contributed by atoms with Gasteiger partial charge < -0.3 is 0 Å².